The quantitative estimate of drug-likeness (QED) is 0.394. The maximum atomic E-state index is 12.6. The average Bonchev–Trinajstić information content (AvgIpc) is 3.08. The second kappa shape index (κ2) is 10.2. The van der Waals surface area contributed by atoms with Gasteiger partial charge in [0.05, 0.1) is 11.9 Å². The van der Waals surface area contributed by atoms with E-state index in [-0.39, 0.29) is 29.9 Å². The minimum absolute atomic E-state index is 0. The molecule has 8 nitrogen and oxygen atoms in total. The highest BCUT2D eigenvalue weighted by Gasteiger charge is 2.27. The summed E-state index contributed by atoms with van der Waals surface area (Å²) < 4.78 is 1.71. The predicted molar refractivity (Wildman–Crippen MR) is 116 cm³/mol. The molecule has 1 aliphatic heterocycles. The van der Waals surface area contributed by atoms with Crippen LogP contribution in [0.3, 0.4) is 0 Å². The molecule has 0 spiro atoms. The molecule has 0 aliphatic carbocycles. The Labute approximate surface area is 176 Å². The van der Waals surface area contributed by atoms with Crippen molar-refractivity contribution in [2.75, 3.05) is 37.6 Å². The normalized spacial score (nSPS) is 14.9. The number of hydrogen-bond acceptors (Lipinski definition) is 4. The molecule has 2 aromatic heterocycles. The van der Waals surface area contributed by atoms with Crippen LogP contribution >= 0.6 is 24.0 Å². The number of piperazine rings is 1. The Morgan fingerprint density at radius 1 is 1.33 bits per heavy atom. The van der Waals surface area contributed by atoms with Crippen LogP contribution in [0.2, 0.25) is 0 Å². The molecule has 0 aromatic carbocycles. The van der Waals surface area contributed by atoms with Crippen LogP contribution in [0.5, 0.6) is 0 Å². The van der Waals surface area contributed by atoms with E-state index in [0.717, 1.165) is 36.9 Å². The average molecular weight is 483 g/mol. The molecular weight excluding hydrogens is 457 g/mol. The fourth-order valence-electron chi connectivity index (χ4n) is 2.92. The van der Waals surface area contributed by atoms with Crippen LogP contribution in [0.25, 0.3) is 0 Å². The zero-order valence-corrected chi connectivity index (χ0v) is 18.0. The largest absolute Gasteiger partial charge is 0.357 e. The van der Waals surface area contributed by atoms with Crippen LogP contribution in [-0.4, -0.2) is 64.3 Å². The lowest BCUT2D eigenvalue weighted by Gasteiger charge is -2.35. The van der Waals surface area contributed by atoms with Crippen LogP contribution in [-0.2, 0) is 18.3 Å². The van der Waals surface area contributed by atoms with E-state index < -0.39 is 0 Å². The monoisotopic (exact) mass is 483 g/mol. The molecule has 146 valence electrons. The molecule has 1 fully saturated rings. The maximum absolute atomic E-state index is 12.6. The summed E-state index contributed by atoms with van der Waals surface area (Å²) in [5.74, 6) is 0.835. The molecule has 3 rings (SSSR count). The minimum Gasteiger partial charge on any atom is -0.357 e. The summed E-state index contributed by atoms with van der Waals surface area (Å²) in [6.07, 6.45) is 6.15. The molecule has 0 bridgehead atoms. The summed E-state index contributed by atoms with van der Waals surface area (Å²) in [6.45, 7) is 5.09. The third kappa shape index (κ3) is 5.65. The molecule has 0 atom stereocenters. The van der Waals surface area contributed by atoms with Gasteiger partial charge in [-0.05, 0) is 19.1 Å². The van der Waals surface area contributed by atoms with Gasteiger partial charge in [0, 0.05) is 57.7 Å². The van der Waals surface area contributed by atoms with Crippen LogP contribution in [0.4, 0.5) is 5.69 Å². The van der Waals surface area contributed by atoms with Crippen molar-refractivity contribution in [1.82, 2.24) is 25.0 Å². The number of aliphatic imine (C=N–C) groups is 1. The number of amides is 1. The van der Waals surface area contributed by atoms with E-state index in [0.29, 0.717) is 19.6 Å². The highest BCUT2D eigenvalue weighted by atomic mass is 127. The number of guanidine groups is 1. The van der Waals surface area contributed by atoms with E-state index in [1.165, 1.54) is 0 Å². The van der Waals surface area contributed by atoms with Crippen molar-refractivity contribution in [3.8, 4) is 0 Å². The Balaban J connectivity index is 0.00000261. The maximum Gasteiger partial charge on any atom is 0.246 e. The Morgan fingerprint density at radius 2 is 2.19 bits per heavy atom. The smallest absolute Gasteiger partial charge is 0.246 e. The van der Waals surface area contributed by atoms with Crippen LogP contribution in [0.1, 0.15) is 12.6 Å². The van der Waals surface area contributed by atoms with Gasteiger partial charge >= 0.3 is 0 Å². The molecule has 1 N–H and O–H groups in total. The standard InChI is InChI=1S/C18H25N7O.HI/c1-3-19-18(21-9-7-15-6-4-5-8-20-15)24-10-11-25(17(26)14-24)16-12-22-23(2)13-16;/h4-6,8,12-13H,3,7,9-11,14H2,1-2H3,(H,19,21);1H. The first-order chi connectivity index (χ1) is 12.7. The molecule has 2 aromatic rings. The van der Waals surface area contributed by atoms with Gasteiger partial charge in [0.25, 0.3) is 0 Å². The number of anilines is 1. The first-order valence-corrected chi connectivity index (χ1v) is 8.89. The van der Waals surface area contributed by atoms with Gasteiger partial charge in [-0.1, -0.05) is 6.07 Å². The SMILES string of the molecule is CCNC(=NCCc1ccccn1)N1CCN(c2cnn(C)c2)C(=O)C1.I. The Hall–Kier alpha value is -2.17. The third-order valence-electron chi connectivity index (χ3n) is 4.21. The van der Waals surface area contributed by atoms with E-state index in [9.17, 15) is 4.79 Å². The van der Waals surface area contributed by atoms with Crippen molar-refractivity contribution in [2.45, 2.75) is 13.3 Å². The molecule has 3 heterocycles. The first-order valence-electron chi connectivity index (χ1n) is 8.89. The zero-order valence-electron chi connectivity index (χ0n) is 15.7. The minimum atomic E-state index is 0. The molecule has 0 radical (unpaired) electrons. The lowest BCUT2D eigenvalue weighted by molar-refractivity contribution is -0.120. The number of nitrogens with one attached hydrogen (secondary N) is 1. The summed E-state index contributed by atoms with van der Waals surface area (Å²) in [5.41, 5.74) is 1.86. The summed E-state index contributed by atoms with van der Waals surface area (Å²) >= 11 is 0. The van der Waals surface area contributed by atoms with Gasteiger partial charge in [-0.15, -0.1) is 24.0 Å². The number of hydrogen-bond donors (Lipinski definition) is 1. The number of carbonyl (C=O) groups is 1. The molecule has 9 heteroatoms. The summed E-state index contributed by atoms with van der Waals surface area (Å²) in [5, 5.41) is 7.43. The molecule has 1 aliphatic rings. The van der Waals surface area contributed by atoms with Crippen molar-refractivity contribution in [3.05, 3.63) is 42.5 Å². The fraction of sp³-hybridized carbons (Fsp3) is 0.444. The van der Waals surface area contributed by atoms with Crippen LogP contribution in [0.15, 0.2) is 41.8 Å². The van der Waals surface area contributed by atoms with Gasteiger partial charge in [0.2, 0.25) is 5.91 Å². The van der Waals surface area contributed by atoms with Crippen LogP contribution in [0, 0.1) is 0 Å². The lowest BCUT2D eigenvalue weighted by Crippen LogP contribution is -2.55. The Morgan fingerprint density at radius 3 is 2.81 bits per heavy atom. The highest BCUT2D eigenvalue weighted by molar-refractivity contribution is 14.0. The first kappa shape index (κ1) is 21.1. The number of pyridine rings is 1. The molecule has 27 heavy (non-hydrogen) atoms. The van der Waals surface area contributed by atoms with Gasteiger partial charge in [-0.25, -0.2) is 0 Å². The number of halogens is 1. The van der Waals surface area contributed by atoms with E-state index in [1.807, 2.05) is 43.3 Å². The van der Waals surface area contributed by atoms with E-state index in [2.05, 4.69) is 20.4 Å². The topological polar surface area (TPSA) is 78.7 Å². The summed E-state index contributed by atoms with van der Waals surface area (Å²) in [4.78, 5) is 25.4. The summed E-state index contributed by atoms with van der Waals surface area (Å²) in [6, 6.07) is 5.89. The molecule has 1 saturated heterocycles. The van der Waals surface area contributed by atoms with Gasteiger partial charge in [0.1, 0.15) is 6.54 Å². The lowest BCUT2D eigenvalue weighted by atomic mass is 10.3. The van der Waals surface area contributed by atoms with Gasteiger partial charge in [-0.3, -0.25) is 19.5 Å². The Bertz CT molecular complexity index is 762. The second-order valence-electron chi connectivity index (χ2n) is 6.15. The van der Waals surface area contributed by atoms with Crippen molar-refractivity contribution >= 4 is 41.5 Å². The number of aryl methyl sites for hydroxylation is 1. The predicted octanol–water partition coefficient (Wildman–Crippen LogP) is 1.29. The number of rotatable bonds is 5. The second-order valence-corrected chi connectivity index (χ2v) is 6.15. The molecule has 1 amide bonds. The van der Waals surface area contributed by atoms with Crippen molar-refractivity contribution in [1.29, 1.82) is 0 Å². The van der Waals surface area contributed by atoms with Crippen molar-refractivity contribution < 1.29 is 4.79 Å². The Kier molecular flexibility index (Phi) is 8.01. The van der Waals surface area contributed by atoms with Gasteiger partial charge < -0.3 is 15.1 Å². The number of nitrogens with zero attached hydrogens (tertiary/aromatic N) is 6. The molecule has 0 unspecified atom stereocenters. The number of carbonyl (C=O) groups excluding carboxylic acids is 1. The van der Waals surface area contributed by atoms with Gasteiger partial charge in [-0.2, -0.15) is 5.10 Å². The van der Waals surface area contributed by atoms with Crippen molar-refractivity contribution in [3.63, 3.8) is 0 Å². The van der Waals surface area contributed by atoms with E-state index >= 15 is 0 Å². The highest BCUT2D eigenvalue weighted by Crippen LogP contribution is 2.16. The molecular formula is C18H26IN7O. The van der Waals surface area contributed by atoms with Crippen LogP contribution < -0.4 is 10.2 Å². The van der Waals surface area contributed by atoms with E-state index in [4.69, 9.17) is 0 Å². The van der Waals surface area contributed by atoms with Crippen molar-refractivity contribution in [2.24, 2.45) is 12.0 Å². The molecule has 0 saturated carbocycles. The third-order valence-corrected chi connectivity index (χ3v) is 4.21. The fourth-order valence-corrected chi connectivity index (χ4v) is 2.92. The summed E-state index contributed by atoms with van der Waals surface area (Å²) in [7, 11) is 1.85. The van der Waals surface area contributed by atoms with Gasteiger partial charge in [0.15, 0.2) is 5.96 Å². The zero-order chi connectivity index (χ0) is 18.4. The van der Waals surface area contributed by atoms with E-state index in [1.54, 1.807) is 22.0 Å². The number of aromatic nitrogens is 3.